The summed E-state index contributed by atoms with van der Waals surface area (Å²) in [5.74, 6) is 0.343. The molecule has 1 atom stereocenters. The largest absolute Gasteiger partial charge is 0.338 e. The average Bonchev–Trinajstić information content (AvgIpc) is 2.99. The van der Waals surface area contributed by atoms with E-state index in [2.05, 4.69) is 39.4 Å². The fourth-order valence-electron chi connectivity index (χ4n) is 4.87. The third-order valence-corrected chi connectivity index (χ3v) is 6.49. The fraction of sp³-hybridized carbons (Fsp3) is 0.591. The van der Waals surface area contributed by atoms with E-state index in [0.717, 1.165) is 39.1 Å². The maximum Gasteiger partial charge on any atom is 0.223 e. The number of piperidine rings is 2. The third kappa shape index (κ3) is 5.50. The Morgan fingerprint density at radius 1 is 1.14 bits per heavy atom. The molecule has 28 heavy (non-hydrogen) atoms. The summed E-state index contributed by atoms with van der Waals surface area (Å²) in [5, 5.41) is 3.53. The van der Waals surface area contributed by atoms with Crippen molar-refractivity contribution in [1.82, 2.24) is 15.1 Å². The number of nitrogens with zero attached hydrogens (tertiary/aromatic N) is 2. The van der Waals surface area contributed by atoms with Crippen LogP contribution in [0, 0.1) is 5.41 Å². The summed E-state index contributed by atoms with van der Waals surface area (Å²) in [6, 6.07) is 11.0. The van der Waals surface area contributed by atoms with Crippen molar-refractivity contribution in [2.45, 2.75) is 38.1 Å². The van der Waals surface area contributed by atoms with E-state index in [1.807, 2.05) is 18.2 Å². The van der Waals surface area contributed by atoms with Crippen molar-refractivity contribution in [2.24, 2.45) is 5.41 Å². The quantitative estimate of drug-likeness (QED) is 0.799. The summed E-state index contributed by atoms with van der Waals surface area (Å²) in [5.41, 5.74) is 1.43. The summed E-state index contributed by atoms with van der Waals surface area (Å²) >= 11 is 0. The van der Waals surface area contributed by atoms with E-state index in [4.69, 9.17) is 0 Å². The number of hydrogen-bond acceptors (Lipinski definition) is 3. The van der Waals surface area contributed by atoms with Gasteiger partial charge in [0.15, 0.2) is 0 Å². The first kappa shape index (κ1) is 23.2. The minimum atomic E-state index is 0. The van der Waals surface area contributed by atoms with E-state index in [1.165, 1.54) is 37.8 Å². The Morgan fingerprint density at radius 3 is 2.57 bits per heavy atom. The highest BCUT2D eigenvalue weighted by Crippen LogP contribution is 2.41. The Kier molecular flexibility index (Phi) is 8.81. The van der Waals surface area contributed by atoms with Gasteiger partial charge in [-0.25, -0.2) is 0 Å². The lowest BCUT2D eigenvalue weighted by atomic mass is 9.77. The van der Waals surface area contributed by atoms with Crippen LogP contribution < -0.4 is 5.32 Å². The van der Waals surface area contributed by atoms with Crippen LogP contribution in [-0.4, -0.2) is 61.0 Å². The molecule has 1 spiro atoms. The molecule has 0 aromatic heterocycles. The summed E-state index contributed by atoms with van der Waals surface area (Å²) in [7, 11) is 0. The number of amides is 1. The van der Waals surface area contributed by atoms with Gasteiger partial charge in [-0.1, -0.05) is 42.5 Å². The maximum absolute atomic E-state index is 12.5. The van der Waals surface area contributed by atoms with Crippen molar-refractivity contribution in [3.8, 4) is 0 Å². The standard InChI is InChI=1S/C22H31N3O.2ClH/c26-21-16-22(10-14-24(15-11-22)20-9-4-12-23-17-20)18-25(21)13-5-8-19-6-2-1-3-7-19;;/h1-3,5-8,20,23H,4,9-18H2;2*1H/b8-5+;;. The van der Waals surface area contributed by atoms with Crippen molar-refractivity contribution < 1.29 is 4.79 Å². The lowest BCUT2D eigenvalue weighted by Gasteiger charge is -2.43. The van der Waals surface area contributed by atoms with Crippen molar-refractivity contribution in [3.63, 3.8) is 0 Å². The highest BCUT2D eigenvalue weighted by atomic mass is 35.5. The summed E-state index contributed by atoms with van der Waals surface area (Å²) in [6.07, 6.45) is 9.99. The second kappa shape index (κ2) is 10.6. The Labute approximate surface area is 181 Å². The molecule has 3 aliphatic rings. The maximum atomic E-state index is 12.5. The molecular formula is C22H33Cl2N3O. The van der Waals surface area contributed by atoms with E-state index in [0.29, 0.717) is 11.9 Å². The lowest BCUT2D eigenvalue weighted by molar-refractivity contribution is -0.127. The predicted molar refractivity (Wildman–Crippen MR) is 120 cm³/mol. The number of benzene rings is 1. The Balaban J connectivity index is 0.00000140. The third-order valence-electron chi connectivity index (χ3n) is 6.49. The zero-order valence-electron chi connectivity index (χ0n) is 16.5. The van der Waals surface area contributed by atoms with Gasteiger partial charge in [-0.2, -0.15) is 0 Å². The number of likely N-dealkylation sites (tertiary alicyclic amines) is 2. The first-order valence-corrected chi connectivity index (χ1v) is 10.2. The molecule has 1 aromatic rings. The smallest absolute Gasteiger partial charge is 0.223 e. The molecule has 1 unspecified atom stereocenters. The monoisotopic (exact) mass is 425 g/mol. The predicted octanol–water partition coefficient (Wildman–Crippen LogP) is 3.61. The highest BCUT2D eigenvalue weighted by molar-refractivity contribution is 5.85. The molecule has 0 saturated carbocycles. The molecule has 4 nitrogen and oxygen atoms in total. The van der Waals surface area contributed by atoms with Crippen LogP contribution in [0.15, 0.2) is 36.4 Å². The molecule has 0 aliphatic carbocycles. The Hall–Kier alpha value is -1.07. The molecule has 0 bridgehead atoms. The molecule has 1 aromatic carbocycles. The second-order valence-corrected chi connectivity index (χ2v) is 8.30. The van der Waals surface area contributed by atoms with Crippen LogP contribution in [-0.2, 0) is 4.79 Å². The van der Waals surface area contributed by atoms with Crippen LogP contribution in [0.5, 0.6) is 0 Å². The van der Waals surface area contributed by atoms with Gasteiger partial charge in [0.1, 0.15) is 0 Å². The Bertz CT molecular complexity index is 638. The molecule has 0 radical (unpaired) electrons. The van der Waals surface area contributed by atoms with E-state index in [9.17, 15) is 4.79 Å². The zero-order valence-corrected chi connectivity index (χ0v) is 18.1. The van der Waals surface area contributed by atoms with Crippen LogP contribution >= 0.6 is 24.8 Å². The molecule has 3 saturated heterocycles. The molecule has 1 N–H and O–H groups in total. The van der Waals surface area contributed by atoms with Crippen LogP contribution in [0.1, 0.15) is 37.7 Å². The van der Waals surface area contributed by atoms with Crippen LogP contribution in [0.25, 0.3) is 6.08 Å². The minimum absolute atomic E-state index is 0. The van der Waals surface area contributed by atoms with Crippen molar-refractivity contribution in [1.29, 1.82) is 0 Å². The first-order valence-electron chi connectivity index (χ1n) is 10.2. The number of carbonyl (C=O) groups is 1. The van der Waals surface area contributed by atoms with E-state index >= 15 is 0 Å². The molecule has 3 aliphatic heterocycles. The van der Waals surface area contributed by atoms with Gasteiger partial charge < -0.3 is 10.2 Å². The number of halogens is 2. The van der Waals surface area contributed by atoms with Crippen LogP contribution in [0.4, 0.5) is 0 Å². The molecule has 1 amide bonds. The molecular weight excluding hydrogens is 393 g/mol. The van der Waals surface area contributed by atoms with Crippen molar-refractivity contribution in [2.75, 3.05) is 39.3 Å². The number of hydrogen-bond donors (Lipinski definition) is 1. The number of rotatable bonds is 4. The van der Waals surface area contributed by atoms with Gasteiger partial charge in [0.05, 0.1) is 0 Å². The molecule has 6 heteroatoms. The van der Waals surface area contributed by atoms with Gasteiger partial charge in [0.2, 0.25) is 5.91 Å². The van der Waals surface area contributed by atoms with E-state index in [-0.39, 0.29) is 30.2 Å². The summed E-state index contributed by atoms with van der Waals surface area (Å²) in [6.45, 7) is 6.32. The Morgan fingerprint density at radius 2 is 1.89 bits per heavy atom. The normalized spacial score (nSPS) is 24.9. The lowest BCUT2D eigenvalue weighted by Crippen LogP contribution is -2.51. The van der Waals surface area contributed by atoms with Crippen LogP contribution in [0.2, 0.25) is 0 Å². The highest BCUT2D eigenvalue weighted by Gasteiger charge is 2.45. The topological polar surface area (TPSA) is 35.6 Å². The van der Waals surface area contributed by atoms with Gasteiger partial charge in [0.25, 0.3) is 0 Å². The molecule has 3 fully saturated rings. The van der Waals surface area contributed by atoms with E-state index < -0.39 is 0 Å². The van der Waals surface area contributed by atoms with Crippen molar-refractivity contribution >= 4 is 36.8 Å². The van der Waals surface area contributed by atoms with Gasteiger partial charge >= 0.3 is 0 Å². The number of nitrogens with one attached hydrogen (secondary N) is 1. The van der Waals surface area contributed by atoms with Gasteiger partial charge in [-0.15, -0.1) is 24.8 Å². The molecule has 156 valence electrons. The molecule has 3 heterocycles. The zero-order chi connectivity index (χ0) is 17.8. The van der Waals surface area contributed by atoms with Gasteiger partial charge in [-0.05, 0) is 56.3 Å². The van der Waals surface area contributed by atoms with Crippen LogP contribution in [0.3, 0.4) is 0 Å². The summed E-state index contributed by atoms with van der Waals surface area (Å²) in [4.78, 5) is 17.3. The molecule has 4 rings (SSSR count). The van der Waals surface area contributed by atoms with E-state index in [1.54, 1.807) is 0 Å². The second-order valence-electron chi connectivity index (χ2n) is 8.30. The first-order chi connectivity index (χ1) is 12.7. The summed E-state index contributed by atoms with van der Waals surface area (Å²) < 4.78 is 0. The average molecular weight is 426 g/mol. The SMILES string of the molecule is Cl.Cl.O=C1CC2(CCN(C3CCCNC3)CC2)CN1C/C=C/c1ccccc1. The van der Waals surface area contributed by atoms with Gasteiger partial charge in [0, 0.05) is 32.1 Å². The fourth-order valence-corrected chi connectivity index (χ4v) is 4.87. The minimum Gasteiger partial charge on any atom is -0.338 e. The van der Waals surface area contributed by atoms with Crippen molar-refractivity contribution in [3.05, 3.63) is 42.0 Å². The van der Waals surface area contributed by atoms with Gasteiger partial charge in [-0.3, -0.25) is 9.69 Å². The number of carbonyl (C=O) groups excluding carboxylic acids is 1.